The second-order valence-corrected chi connectivity index (χ2v) is 7.59. The second kappa shape index (κ2) is 8.57. The summed E-state index contributed by atoms with van der Waals surface area (Å²) >= 11 is 0. The number of amides is 1. The Bertz CT molecular complexity index is 1060. The Hall–Kier alpha value is -2.99. The third kappa shape index (κ3) is 4.38. The number of rotatable bonds is 4. The molecule has 0 N–H and O–H groups in total. The molecule has 0 radical (unpaired) electrons. The number of hydrogen-bond acceptors (Lipinski definition) is 4. The summed E-state index contributed by atoms with van der Waals surface area (Å²) < 4.78 is 1.31. The number of aryl methyl sites for hydroxylation is 1. The molecule has 0 atom stereocenters. The molecule has 1 saturated heterocycles. The van der Waals surface area contributed by atoms with Crippen molar-refractivity contribution in [3.63, 3.8) is 0 Å². The molecular formula is C23H26N4O2. The number of carbonyl (C=O) groups is 1. The molecule has 0 unspecified atom stereocenters. The van der Waals surface area contributed by atoms with Crippen molar-refractivity contribution < 1.29 is 4.79 Å². The molecule has 0 saturated carbocycles. The molecule has 2 aromatic carbocycles. The van der Waals surface area contributed by atoms with Gasteiger partial charge in [-0.05, 0) is 25.0 Å². The Labute approximate surface area is 170 Å². The van der Waals surface area contributed by atoms with Crippen molar-refractivity contribution in [1.82, 2.24) is 19.6 Å². The van der Waals surface area contributed by atoms with Gasteiger partial charge in [-0.15, -0.1) is 0 Å². The molecule has 4 rings (SSSR count). The number of fused-ring (bicyclic) bond motifs is 1. The zero-order valence-corrected chi connectivity index (χ0v) is 16.8. The van der Waals surface area contributed by atoms with Crippen molar-refractivity contribution in [3.8, 4) is 0 Å². The highest BCUT2D eigenvalue weighted by Crippen LogP contribution is 2.13. The van der Waals surface area contributed by atoms with E-state index >= 15 is 0 Å². The molecule has 0 bridgehead atoms. The summed E-state index contributed by atoms with van der Waals surface area (Å²) in [6, 6.07) is 17.8. The molecule has 150 valence electrons. The molecule has 1 aliphatic rings. The van der Waals surface area contributed by atoms with Gasteiger partial charge in [0.2, 0.25) is 5.91 Å². The molecule has 29 heavy (non-hydrogen) atoms. The third-order valence-electron chi connectivity index (χ3n) is 5.53. The summed E-state index contributed by atoms with van der Waals surface area (Å²) in [5, 5.41) is 5.83. The molecule has 1 aliphatic heterocycles. The molecule has 0 aliphatic carbocycles. The standard InChI is InChI=1S/C23H26N4O2/c1-18-20-10-5-6-11-21(20)23(29)27(24-18)17-22(28)26-13-7-12-25(14-15-26)16-19-8-3-2-4-9-19/h2-6,8-11H,7,12-17H2,1H3. The molecule has 3 aromatic rings. The molecular weight excluding hydrogens is 364 g/mol. The summed E-state index contributed by atoms with van der Waals surface area (Å²) in [6.07, 6.45) is 0.928. The third-order valence-corrected chi connectivity index (χ3v) is 5.53. The van der Waals surface area contributed by atoms with E-state index in [2.05, 4.69) is 34.3 Å². The van der Waals surface area contributed by atoms with Crippen LogP contribution in [0.25, 0.3) is 10.8 Å². The maximum Gasteiger partial charge on any atom is 0.275 e. The van der Waals surface area contributed by atoms with Crippen LogP contribution in [0.4, 0.5) is 0 Å². The van der Waals surface area contributed by atoms with Gasteiger partial charge in [-0.25, -0.2) is 4.68 Å². The SMILES string of the molecule is Cc1nn(CC(=O)N2CCCN(Cc3ccccc3)CC2)c(=O)c2ccccc12. The van der Waals surface area contributed by atoms with Gasteiger partial charge >= 0.3 is 0 Å². The zero-order valence-electron chi connectivity index (χ0n) is 16.8. The maximum absolute atomic E-state index is 12.9. The number of nitrogens with zero attached hydrogens (tertiary/aromatic N) is 4. The van der Waals surface area contributed by atoms with Crippen LogP contribution in [0.5, 0.6) is 0 Å². The van der Waals surface area contributed by atoms with Gasteiger partial charge in [0.25, 0.3) is 5.56 Å². The van der Waals surface area contributed by atoms with Crippen LogP contribution in [0, 0.1) is 6.92 Å². The molecule has 1 fully saturated rings. The number of benzene rings is 2. The molecule has 6 heteroatoms. The van der Waals surface area contributed by atoms with Gasteiger partial charge in [-0.2, -0.15) is 5.10 Å². The maximum atomic E-state index is 12.9. The topological polar surface area (TPSA) is 58.4 Å². The fraction of sp³-hybridized carbons (Fsp3) is 0.348. The predicted octanol–water partition coefficient (Wildman–Crippen LogP) is 2.44. The molecule has 2 heterocycles. The molecule has 0 spiro atoms. The first-order valence-corrected chi connectivity index (χ1v) is 10.1. The van der Waals surface area contributed by atoms with E-state index < -0.39 is 0 Å². The Kier molecular flexibility index (Phi) is 5.71. The first-order chi connectivity index (χ1) is 14.1. The van der Waals surface area contributed by atoms with Crippen molar-refractivity contribution in [3.05, 3.63) is 76.2 Å². The molecule has 1 aromatic heterocycles. The lowest BCUT2D eigenvalue weighted by Crippen LogP contribution is -2.39. The lowest BCUT2D eigenvalue weighted by atomic mass is 10.1. The van der Waals surface area contributed by atoms with Crippen LogP contribution in [0.15, 0.2) is 59.4 Å². The average Bonchev–Trinajstić information content (AvgIpc) is 2.98. The minimum absolute atomic E-state index is 0.0107. The van der Waals surface area contributed by atoms with Crippen LogP contribution in [0.3, 0.4) is 0 Å². The van der Waals surface area contributed by atoms with Crippen LogP contribution in [-0.2, 0) is 17.9 Å². The van der Waals surface area contributed by atoms with Crippen LogP contribution < -0.4 is 5.56 Å². The van der Waals surface area contributed by atoms with E-state index in [1.807, 2.05) is 36.1 Å². The van der Waals surface area contributed by atoms with E-state index in [-0.39, 0.29) is 18.0 Å². The Morgan fingerprint density at radius 1 is 0.931 bits per heavy atom. The monoisotopic (exact) mass is 390 g/mol. The lowest BCUT2D eigenvalue weighted by molar-refractivity contribution is -0.132. The smallest absolute Gasteiger partial charge is 0.275 e. The van der Waals surface area contributed by atoms with Gasteiger partial charge < -0.3 is 4.90 Å². The number of carbonyl (C=O) groups excluding carboxylic acids is 1. The minimum atomic E-state index is -0.208. The van der Waals surface area contributed by atoms with Crippen molar-refractivity contribution in [2.75, 3.05) is 26.2 Å². The van der Waals surface area contributed by atoms with E-state index in [0.29, 0.717) is 18.5 Å². The lowest BCUT2D eigenvalue weighted by Gasteiger charge is -2.22. The predicted molar refractivity (Wildman–Crippen MR) is 114 cm³/mol. The van der Waals surface area contributed by atoms with Gasteiger partial charge in [-0.3, -0.25) is 14.5 Å². The average molecular weight is 390 g/mol. The summed E-state index contributed by atoms with van der Waals surface area (Å²) in [6.45, 7) is 5.94. The number of hydrogen-bond donors (Lipinski definition) is 0. The van der Waals surface area contributed by atoms with Crippen molar-refractivity contribution in [1.29, 1.82) is 0 Å². The highest BCUT2D eigenvalue weighted by Gasteiger charge is 2.20. The fourth-order valence-corrected chi connectivity index (χ4v) is 3.96. The summed E-state index contributed by atoms with van der Waals surface area (Å²) in [5.74, 6) is -0.0455. The summed E-state index contributed by atoms with van der Waals surface area (Å²) in [4.78, 5) is 29.9. The van der Waals surface area contributed by atoms with Crippen LogP contribution >= 0.6 is 0 Å². The highest BCUT2D eigenvalue weighted by molar-refractivity contribution is 5.83. The Morgan fingerprint density at radius 2 is 1.66 bits per heavy atom. The zero-order chi connectivity index (χ0) is 20.2. The van der Waals surface area contributed by atoms with E-state index in [9.17, 15) is 9.59 Å². The van der Waals surface area contributed by atoms with Crippen LogP contribution in [-0.4, -0.2) is 51.7 Å². The van der Waals surface area contributed by atoms with E-state index in [0.717, 1.165) is 37.1 Å². The Morgan fingerprint density at radius 3 is 2.45 bits per heavy atom. The quantitative estimate of drug-likeness (QED) is 0.687. The van der Waals surface area contributed by atoms with E-state index in [4.69, 9.17) is 0 Å². The van der Waals surface area contributed by atoms with Gasteiger partial charge in [0.15, 0.2) is 0 Å². The van der Waals surface area contributed by atoms with E-state index in [1.54, 1.807) is 6.07 Å². The van der Waals surface area contributed by atoms with Crippen molar-refractivity contribution >= 4 is 16.7 Å². The Balaban J connectivity index is 1.43. The first-order valence-electron chi connectivity index (χ1n) is 10.1. The van der Waals surface area contributed by atoms with Crippen LogP contribution in [0.2, 0.25) is 0 Å². The van der Waals surface area contributed by atoms with Gasteiger partial charge in [0.05, 0.1) is 11.1 Å². The molecule has 1 amide bonds. The minimum Gasteiger partial charge on any atom is -0.340 e. The number of aromatic nitrogens is 2. The van der Waals surface area contributed by atoms with Crippen LogP contribution in [0.1, 0.15) is 17.7 Å². The first kappa shape index (κ1) is 19.3. The highest BCUT2D eigenvalue weighted by atomic mass is 16.2. The fourth-order valence-electron chi connectivity index (χ4n) is 3.96. The molecule has 6 nitrogen and oxygen atoms in total. The normalized spacial score (nSPS) is 15.4. The summed E-state index contributed by atoms with van der Waals surface area (Å²) in [7, 11) is 0. The van der Waals surface area contributed by atoms with Gasteiger partial charge in [-0.1, -0.05) is 48.5 Å². The van der Waals surface area contributed by atoms with E-state index in [1.165, 1.54) is 10.2 Å². The van der Waals surface area contributed by atoms with Gasteiger partial charge in [0.1, 0.15) is 6.54 Å². The second-order valence-electron chi connectivity index (χ2n) is 7.59. The largest absolute Gasteiger partial charge is 0.340 e. The van der Waals surface area contributed by atoms with Crippen molar-refractivity contribution in [2.45, 2.75) is 26.4 Å². The summed E-state index contributed by atoms with van der Waals surface area (Å²) in [5.41, 5.74) is 1.84. The van der Waals surface area contributed by atoms with Gasteiger partial charge in [0, 0.05) is 38.1 Å². The van der Waals surface area contributed by atoms with Crippen molar-refractivity contribution in [2.24, 2.45) is 0 Å².